The highest BCUT2D eigenvalue weighted by molar-refractivity contribution is 7.07. The Hall–Kier alpha value is -5.19. The number of halogens is 1. The summed E-state index contributed by atoms with van der Waals surface area (Å²) >= 11 is 7.32. The van der Waals surface area contributed by atoms with E-state index in [-0.39, 0.29) is 28.3 Å². The average Bonchev–Trinajstić information content (AvgIpc) is 3.64. The molecule has 3 aromatic carbocycles. The zero-order valence-electron chi connectivity index (χ0n) is 24.0. The Labute approximate surface area is 265 Å². The molecule has 2 aromatic heterocycles. The minimum atomic E-state index is -1.13. The average molecular weight is 641 g/mol. The van der Waals surface area contributed by atoms with Crippen LogP contribution in [-0.2, 0) is 9.53 Å². The first-order valence-corrected chi connectivity index (χ1v) is 15.0. The van der Waals surface area contributed by atoms with E-state index in [2.05, 4.69) is 0 Å². The molecule has 1 aliphatic heterocycles. The number of carbonyl (C=O) groups is 2. The first kappa shape index (κ1) is 29.9. The molecule has 0 bridgehead atoms. The lowest BCUT2D eigenvalue weighted by Crippen LogP contribution is -2.40. The van der Waals surface area contributed by atoms with E-state index in [9.17, 15) is 19.5 Å². The lowest BCUT2D eigenvalue weighted by atomic mass is 9.93. The van der Waals surface area contributed by atoms with Gasteiger partial charge in [0.15, 0.2) is 4.80 Å². The predicted molar refractivity (Wildman–Crippen MR) is 170 cm³/mol. The lowest BCUT2D eigenvalue weighted by Gasteiger charge is -2.26. The zero-order chi connectivity index (χ0) is 31.7. The van der Waals surface area contributed by atoms with Crippen molar-refractivity contribution in [2.75, 3.05) is 13.7 Å². The molecule has 9 nitrogen and oxygen atoms in total. The van der Waals surface area contributed by atoms with Crippen molar-refractivity contribution in [3.63, 3.8) is 0 Å². The molecule has 1 N–H and O–H groups in total. The molecule has 0 aliphatic carbocycles. The molecule has 0 saturated heterocycles. The minimum Gasteiger partial charge on any atom is -0.497 e. The maximum atomic E-state index is 14.1. The summed E-state index contributed by atoms with van der Waals surface area (Å²) in [6, 6.07) is 23.6. The molecule has 45 heavy (non-hydrogen) atoms. The monoisotopic (exact) mass is 640 g/mol. The summed E-state index contributed by atoms with van der Waals surface area (Å²) in [5.74, 6) is -0.311. The molecule has 3 heterocycles. The van der Waals surface area contributed by atoms with Gasteiger partial charge in [-0.15, -0.1) is 0 Å². The van der Waals surface area contributed by atoms with Crippen molar-refractivity contribution < 1.29 is 28.6 Å². The van der Waals surface area contributed by atoms with E-state index in [4.69, 9.17) is 30.5 Å². The van der Waals surface area contributed by atoms with Crippen LogP contribution in [0.4, 0.5) is 0 Å². The van der Waals surface area contributed by atoms with Gasteiger partial charge in [-0.1, -0.05) is 71.5 Å². The number of thiazole rings is 1. The molecule has 6 rings (SSSR count). The van der Waals surface area contributed by atoms with Gasteiger partial charge in [0.1, 0.15) is 17.3 Å². The third-order valence-electron chi connectivity index (χ3n) is 7.17. The second-order valence-corrected chi connectivity index (χ2v) is 11.3. The van der Waals surface area contributed by atoms with Crippen LogP contribution in [0, 0.1) is 0 Å². The molecular weight excluding hydrogens is 616 g/mol. The summed E-state index contributed by atoms with van der Waals surface area (Å²) in [6.45, 7) is 1.87. The van der Waals surface area contributed by atoms with Crippen LogP contribution in [0.3, 0.4) is 0 Å². The van der Waals surface area contributed by atoms with E-state index in [1.807, 2.05) is 36.4 Å². The highest BCUT2D eigenvalue weighted by Gasteiger charge is 2.35. The van der Waals surface area contributed by atoms with E-state index in [1.165, 1.54) is 28.0 Å². The predicted octanol–water partition coefficient (Wildman–Crippen LogP) is 5.56. The van der Waals surface area contributed by atoms with Crippen LogP contribution >= 0.6 is 22.9 Å². The van der Waals surface area contributed by atoms with Crippen molar-refractivity contribution in [2.24, 2.45) is 4.99 Å². The molecule has 0 radical (unpaired) electrons. The largest absolute Gasteiger partial charge is 0.497 e. The molecule has 5 aromatic rings. The smallest absolute Gasteiger partial charge is 0.338 e. The number of ether oxygens (including phenoxy) is 2. The molecule has 0 spiro atoms. The van der Waals surface area contributed by atoms with E-state index < -0.39 is 18.0 Å². The second-order valence-electron chi connectivity index (χ2n) is 9.91. The van der Waals surface area contributed by atoms with Crippen molar-refractivity contribution in [3.8, 4) is 17.1 Å². The molecule has 11 heteroatoms. The van der Waals surface area contributed by atoms with Crippen molar-refractivity contribution in [1.82, 2.24) is 4.57 Å². The van der Waals surface area contributed by atoms with E-state index in [0.29, 0.717) is 49.0 Å². The molecule has 0 unspecified atom stereocenters. The summed E-state index contributed by atoms with van der Waals surface area (Å²) in [6.07, 6.45) is 1.61. The number of fused-ring (bicyclic) bond motifs is 1. The van der Waals surface area contributed by atoms with Gasteiger partial charge in [0.25, 0.3) is 5.56 Å². The van der Waals surface area contributed by atoms with Gasteiger partial charge in [0.05, 0.1) is 46.1 Å². The number of carboxylic acid groups (broad SMARTS) is 1. The zero-order valence-corrected chi connectivity index (χ0v) is 25.6. The quantitative estimate of drug-likeness (QED) is 0.221. The Morgan fingerprint density at radius 2 is 1.84 bits per heavy atom. The number of carboxylic acids is 1. The third kappa shape index (κ3) is 5.73. The first-order chi connectivity index (χ1) is 21.8. The van der Waals surface area contributed by atoms with Crippen LogP contribution < -0.4 is 19.6 Å². The van der Waals surface area contributed by atoms with E-state index in [1.54, 1.807) is 56.5 Å². The van der Waals surface area contributed by atoms with Gasteiger partial charge in [-0.3, -0.25) is 9.36 Å². The molecule has 1 aliphatic rings. The third-order valence-corrected chi connectivity index (χ3v) is 8.46. The SMILES string of the molecule is CCOC(=O)C1=C(c2ccccc2)N=c2s/c(=C\c3ccc(-c4ccc(C(=O)O)c(Cl)c4)o3)c(=O)n2[C@@H]1c1cccc(OC)c1. The Morgan fingerprint density at radius 1 is 1.04 bits per heavy atom. The number of hydrogen-bond acceptors (Lipinski definition) is 8. The van der Waals surface area contributed by atoms with Gasteiger partial charge in [-0.2, -0.15) is 0 Å². The van der Waals surface area contributed by atoms with Crippen molar-refractivity contribution in [2.45, 2.75) is 13.0 Å². The van der Waals surface area contributed by atoms with Crippen LogP contribution in [0.1, 0.15) is 40.2 Å². The number of rotatable bonds is 8. The summed E-state index contributed by atoms with van der Waals surface area (Å²) in [4.78, 5) is 44.3. The van der Waals surface area contributed by atoms with Crippen LogP contribution in [0.5, 0.6) is 5.75 Å². The summed E-state index contributed by atoms with van der Waals surface area (Å²) in [5.41, 5.74) is 2.19. The summed E-state index contributed by atoms with van der Waals surface area (Å²) in [5, 5.41) is 9.36. The number of esters is 1. The number of furan rings is 1. The fourth-order valence-corrected chi connectivity index (χ4v) is 6.37. The Bertz CT molecular complexity index is 2160. The first-order valence-electron chi connectivity index (χ1n) is 13.8. The molecule has 0 fully saturated rings. The molecule has 226 valence electrons. The summed E-state index contributed by atoms with van der Waals surface area (Å²) in [7, 11) is 1.55. The van der Waals surface area contributed by atoms with Crippen LogP contribution in [0.25, 0.3) is 23.1 Å². The highest BCUT2D eigenvalue weighted by Crippen LogP contribution is 2.36. The van der Waals surface area contributed by atoms with Gasteiger partial charge in [-0.25, -0.2) is 14.6 Å². The summed E-state index contributed by atoms with van der Waals surface area (Å²) < 4.78 is 18.8. The standard InChI is InChI=1S/C34H25ClN2O7S/c1-3-43-33(41)28-29(19-8-5-4-6-9-19)36-34-37(30(28)21-10-7-11-22(16-21)42-2)31(38)27(45-34)18-23-13-15-26(44-23)20-12-14-24(32(39)40)25(35)17-20/h4-18,30H,3H2,1-2H3,(H,39,40)/b27-18-/t30-/m1/s1. The van der Waals surface area contributed by atoms with Crippen molar-refractivity contribution in [3.05, 3.63) is 138 Å². The number of methoxy groups -OCH3 is 1. The fraction of sp³-hybridized carbons (Fsp3) is 0.118. The highest BCUT2D eigenvalue weighted by atomic mass is 35.5. The van der Waals surface area contributed by atoms with Crippen molar-refractivity contribution >= 4 is 46.6 Å². The maximum absolute atomic E-state index is 14.1. The number of nitrogens with zero attached hydrogens (tertiary/aromatic N) is 2. The van der Waals surface area contributed by atoms with E-state index in [0.717, 1.165) is 0 Å². The van der Waals surface area contributed by atoms with Gasteiger partial charge in [0, 0.05) is 17.2 Å². The topological polar surface area (TPSA) is 120 Å². The molecule has 0 saturated carbocycles. The van der Waals surface area contributed by atoms with Crippen LogP contribution in [-0.4, -0.2) is 35.3 Å². The van der Waals surface area contributed by atoms with E-state index >= 15 is 0 Å². The Kier molecular flexibility index (Phi) is 8.25. The number of aromatic nitrogens is 1. The molecule has 0 amide bonds. The normalized spacial score (nSPS) is 14.6. The minimum absolute atomic E-state index is 0.0176. The molecular formula is C34H25ClN2O7S. The number of hydrogen-bond donors (Lipinski definition) is 1. The van der Waals surface area contributed by atoms with Crippen LogP contribution in [0.15, 0.2) is 105 Å². The number of benzene rings is 3. The Balaban J connectivity index is 1.53. The van der Waals surface area contributed by atoms with Gasteiger partial charge in [0.2, 0.25) is 0 Å². The van der Waals surface area contributed by atoms with Gasteiger partial charge in [-0.05, 0) is 48.9 Å². The van der Waals surface area contributed by atoms with Crippen molar-refractivity contribution in [1.29, 1.82) is 0 Å². The van der Waals surface area contributed by atoms with Gasteiger partial charge >= 0.3 is 11.9 Å². The number of aromatic carboxylic acids is 1. The lowest BCUT2D eigenvalue weighted by molar-refractivity contribution is -0.138. The number of carbonyl (C=O) groups excluding carboxylic acids is 1. The maximum Gasteiger partial charge on any atom is 0.338 e. The van der Waals surface area contributed by atoms with Crippen LogP contribution in [0.2, 0.25) is 5.02 Å². The Morgan fingerprint density at radius 3 is 2.56 bits per heavy atom. The molecule has 1 atom stereocenters. The fourth-order valence-electron chi connectivity index (χ4n) is 5.12. The second kappa shape index (κ2) is 12.4. The van der Waals surface area contributed by atoms with Gasteiger partial charge < -0.3 is 19.0 Å².